The zero-order chi connectivity index (χ0) is 43.2. The molecule has 11 aromatic rings. The number of nitrogens with zero attached hydrogens (tertiary/aromatic N) is 3. The number of aromatic nitrogens is 3. The van der Waals surface area contributed by atoms with Gasteiger partial charge >= 0.3 is 0 Å². The Kier molecular flexibility index (Phi) is 9.39. The molecule has 0 amide bonds. The molecule has 1 aromatic heterocycles. The van der Waals surface area contributed by atoms with E-state index in [1.807, 2.05) is 36.4 Å². The first kappa shape index (κ1) is 38.2. The maximum Gasteiger partial charge on any atom is 0.164 e. The predicted molar refractivity (Wildman–Crippen MR) is 267 cm³/mol. The van der Waals surface area contributed by atoms with Crippen molar-refractivity contribution in [2.45, 2.75) is 5.41 Å². The van der Waals surface area contributed by atoms with Crippen LogP contribution < -0.4 is 0 Å². The lowest BCUT2D eigenvalue weighted by atomic mass is 9.67. The van der Waals surface area contributed by atoms with Gasteiger partial charge in [0.2, 0.25) is 0 Å². The van der Waals surface area contributed by atoms with E-state index in [1.165, 1.54) is 55.3 Å². The van der Waals surface area contributed by atoms with Crippen LogP contribution >= 0.6 is 0 Å². The van der Waals surface area contributed by atoms with Crippen LogP contribution in [-0.4, -0.2) is 15.0 Å². The number of rotatable bonds is 8. The Bertz CT molecular complexity index is 3480. The molecule has 3 heteroatoms. The Morgan fingerprint density at radius 2 is 0.615 bits per heavy atom. The average molecular weight is 828 g/mol. The third kappa shape index (κ3) is 6.65. The SMILES string of the molecule is c1ccc(-c2ccc(-c3ccc(-c4nc(-c5ccccc5)nc(-c5ccc(-c6ccc(C7(c8ccccc8)c8ccccc8-c8c7ccc7ccccc87)cc6)cc5)n4)cc3)cc2)cc1. The molecule has 304 valence electrons. The molecule has 3 nitrogen and oxygen atoms in total. The van der Waals surface area contributed by atoms with Crippen molar-refractivity contribution in [1.29, 1.82) is 0 Å². The van der Waals surface area contributed by atoms with Gasteiger partial charge in [-0.15, -0.1) is 0 Å². The topological polar surface area (TPSA) is 38.7 Å². The smallest absolute Gasteiger partial charge is 0.164 e. The lowest BCUT2D eigenvalue weighted by Crippen LogP contribution is -2.28. The maximum atomic E-state index is 5.08. The molecule has 0 radical (unpaired) electrons. The Morgan fingerprint density at radius 3 is 1.15 bits per heavy atom. The molecule has 1 atom stereocenters. The Labute approximate surface area is 379 Å². The standard InChI is InChI=1S/C62H41N3/c1-4-14-42(15-5-1)43-24-26-44(27-25-43)45-28-32-50(33-29-45)60-63-59(49-17-6-2-7-18-49)64-61(65-60)51-34-30-46(31-35-51)47-36-39-53(40-37-47)62(52-19-8-3-9-20-52)56-23-13-12-22-55(56)58-54-21-11-10-16-48(54)38-41-57(58)62/h1-41H. The van der Waals surface area contributed by atoms with Crippen LogP contribution in [0.5, 0.6) is 0 Å². The first-order valence-electron chi connectivity index (χ1n) is 22.2. The summed E-state index contributed by atoms with van der Waals surface area (Å²) in [4.78, 5) is 15.1. The van der Waals surface area contributed by atoms with Gasteiger partial charge in [0.05, 0.1) is 5.41 Å². The van der Waals surface area contributed by atoms with Crippen LogP contribution in [0.3, 0.4) is 0 Å². The lowest BCUT2D eigenvalue weighted by Gasteiger charge is -2.34. The second-order valence-corrected chi connectivity index (χ2v) is 16.7. The molecule has 12 rings (SSSR count). The van der Waals surface area contributed by atoms with Crippen molar-refractivity contribution in [2.24, 2.45) is 0 Å². The van der Waals surface area contributed by atoms with Gasteiger partial charge in [-0.25, -0.2) is 15.0 Å². The summed E-state index contributed by atoms with van der Waals surface area (Å²) in [7, 11) is 0. The second kappa shape index (κ2) is 16.0. The van der Waals surface area contributed by atoms with Crippen molar-refractivity contribution < 1.29 is 0 Å². The number of hydrogen-bond acceptors (Lipinski definition) is 3. The average Bonchev–Trinajstić information content (AvgIpc) is 3.71. The fraction of sp³-hybridized carbons (Fsp3) is 0.0161. The van der Waals surface area contributed by atoms with Gasteiger partial charge in [0.1, 0.15) is 0 Å². The summed E-state index contributed by atoms with van der Waals surface area (Å²) in [5, 5.41) is 2.54. The van der Waals surface area contributed by atoms with E-state index >= 15 is 0 Å². The third-order valence-corrected chi connectivity index (χ3v) is 13.1. The highest BCUT2D eigenvalue weighted by molar-refractivity contribution is 6.04. The third-order valence-electron chi connectivity index (χ3n) is 13.1. The van der Waals surface area contributed by atoms with Gasteiger partial charge in [-0.1, -0.05) is 249 Å². The highest BCUT2D eigenvalue weighted by Crippen LogP contribution is 2.57. The number of benzene rings is 10. The van der Waals surface area contributed by atoms with Gasteiger partial charge in [-0.3, -0.25) is 0 Å². The van der Waals surface area contributed by atoms with Crippen molar-refractivity contribution in [3.63, 3.8) is 0 Å². The van der Waals surface area contributed by atoms with E-state index < -0.39 is 5.41 Å². The van der Waals surface area contributed by atoms with Crippen LogP contribution in [0.4, 0.5) is 0 Å². The Morgan fingerprint density at radius 1 is 0.246 bits per heavy atom. The van der Waals surface area contributed by atoms with Gasteiger partial charge in [0, 0.05) is 16.7 Å². The molecule has 0 aliphatic heterocycles. The van der Waals surface area contributed by atoms with E-state index in [4.69, 9.17) is 15.0 Å². The maximum absolute atomic E-state index is 5.08. The molecule has 0 spiro atoms. The minimum atomic E-state index is -0.471. The molecule has 0 saturated heterocycles. The Balaban J connectivity index is 0.882. The van der Waals surface area contributed by atoms with Gasteiger partial charge < -0.3 is 0 Å². The first-order valence-corrected chi connectivity index (χ1v) is 22.2. The number of fused-ring (bicyclic) bond motifs is 5. The molecule has 65 heavy (non-hydrogen) atoms. The number of hydrogen-bond donors (Lipinski definition) is 0. The van der Waals surface area contributed by atoms with Crippen molar-refractivity contribution in [1.82, 2.24) is 15.0 Å². The normalized spacial score (nSPS) is 13.9. The highest BCUT2D eigenvalue weighted by atomic mass is 15.0. The van der Waals surface area contributed by atoms with Crippen LogP contribution in [0.25, 0.3) is 89.4 Å². The van der Waals surface area contributed by atoms with Crippen molar-refractivity contribution in [2.75, 3.05) is 0 Å². The summed E-state index contributed by atoms with van der Waals surface area (Å²) in [6.07, 6.45) is 0. The van der Waals surface area contributed by atoms with Crippen molar-refractivity contribution >= 4 is 10.8 Å². The fourth-order valence-corrected chi connectivity index (χ4v) is 9.90. The summed E-state index contributed by atoms with van der Waals surface area (Å²) in [5.41, 5.74) is 17.0. The molecule has 0 N–H and O–H groups in total. The molecule has 1 aliphatic carbocycles. The van der Waals surface area contributed by atoms with Crippen LogP contribution in [0.15, 0.2) is 249 Å². The zero-order valence-corrected chi connectivity index (χ0v) is 35.5. The minimum Gasteiger partial charge on any atom is -0.208 e. The van der Waals surface area contributed by atoms with Gasteiger partial charge in [-0.05, 0) is 77.5 Å². The molecule has 1 aliphatic rings. The molecule has 0 fully saturated rings. The summed E-state index contributed by atoms with van der Waals surface area (Å²) in [6, 6.07) is 89.0. The molecule has 0 saturated carbocycles. The molecule has 0 bridgehead atoms. The van der Waals surface area contributed by atoms with Crippen LogP contribution in [-0.2, 0) is 5.41 Å². The monoisotopic (exact) mass is 827 g/mol. The van der Waals surface area contributed by atoms with Gasteiger partial charge in [0.15, 0.2) is 17.5 Å². The van der Waals surface area contributed by atoms with Crippen LogP contribution in [0, 0.1) is 0 Å². The predicted octanol–water partition coefficient (Wildman–Crippen LogP) is 15.4. The van der Waals surface area contributed by atoms with E-state index in [1.54, 1.807) is 0 Å². The minimum absolute atomic E-state index is 0.471. The molecule has 1 heterocycles. The second-order valence-electron chi connectivity index (χ2n) is 16.7. The van der Waals surface area contributed by atoms with Gasteiger partial charge in [0.25, 0.3) is 0 Å². The lowest BCUT2D eigenvalue weighted by molar-refractivity contribution is 0.769. The summed E-state index contributed by atoms with van der Waals surface area (Å²) in [6.45, 7) is 0. The largest absolute Gasteiger partial charge is 0.208 e. The quantitative estimate of drug-likeness (QED) is 0.153. The van der Waals surface area contributed by atoms with E-state index in [2.05, 4.69) is 212 Å². The van der Waals surface area contributed by atoms with Crippen molar-refractivity contribution in [3.8, 4) is 78.7 Å². The molecular formula is C62H41N3. The van der Waals surface area contributed by atoms with Gasteiger partial charge in [-0.2, -0.15) is 0 Å². The molecule has 10 aromatic carbocycles. The van der Waals surface area contributed by atoms with E-state index in [9.17, 15) is 0 Å². The molecule has 1 unspecified atom stereocenters. The van der Waals surface area contributed by atoms with Crippen LogP contribution in [0.2, 0.25) is 0 Å². The summed E-state index contributed by atoms with van der Waals surface area (Å²) in [5.74, 6) is 1.91. The first-order chi connectivity index (χ1) is 32.2. The Hall–Kier alpha value is -8.53. The fourth-order valence-electron chi connectivity index (χ4n) is 9.90. The summed E-state index contributed by atoms with van der Waals surface area (Å²) < 4.78 is 0. The van der Waals surface area contributed by atoms with Crippen LogP contribution in [0.1, 0.15) is 22.3 Å². The summed E-state index contributed by atoms with van der Waals surface area (Å²) >= 11 is 0. The van der Waals surface area contributed by atoms with E-state index in [0.29, 0.717) is 17.5 Å². The van der Waals surface area contributed by atoms with E-state index in [0.717, 1.165) is 38.9 Å². The zero-order valence-electron chi connectivity index (χ0n) is 35.5. The van der Waals surface area contributed by atoms with Crippen molar-refractivity contribution in [3.05, 3.63) is 271 Å². The highest BCUT2D eigenvalue weighted by Gasteiger charge is 2.46. The van der Waals surface area contributed by atoms with E-state index in [-0.39, 0.29) is 0 Å². The molecular weight excluding hydrogens is 787 g/mol.